The zero-order valence-electron chi connectivity index (χ0n) is 10.0. The molecule has 2 rings (SSSR count). The van der Waals surface area contributed by atoms with Crippen molar-refractivity contribution >= 4 is 29.1 Å². The number of halogens is 3. The van der Waals surface area contributed by atoms with Crippen LogP contribution in [0.3, 0.4) is 0 Å². The Balaban J connectivity index is 2.25. The molecule has 98 valence electrons. The maximum absolute atomic E-state index is 13.4. The van der Waals surface area contributed by atoms with E-state index in [-0.39, 0.29) is 21.5 Å². The van der Waals surface area contributed by atoms with E-state index >= 15 is 0 Å². The Morgan fingerprint density at radius 2 is 2.11 bits per heavy atom. The van der Waals surface area contributed by atoms with Crippen LogP contribution >= 0.6 is 23.2 Å². The quantitative estimate of drug-likeness (QED) is 0.716. The molecule has 1 unspecified atom stereocenters. The molecule has 1 fully saturated rings. The number of hydrogen-bond acceptors (Lipinski definition) is 1. The zero-order chi connectivity index (χ0) is 13.3. The molecule has 1 atom stereocenters. The van der Waals surface area contributed by atoms with Gasteiger partial charge in [-0.15, -0.1) is 0 Å². The molecule has 18 heavy (non-hydrogen) atoms. The van der Waals surface area contributed by atoms with Crippen molar-refractivity contribution in [2.45, 2.75) is 19.8 Å². The van der Waals surface area contributed by atoms with Gasteiger partial charge in [0.15, 0.2) is 0 Å². The largest absolute Gasteiger partial charge is 0.338 e. The molecular weight excluding hydrogens is 276 g/mol. The molecule has 1 heterocycles. The Bertz CT molecular complexity index is 478. The van der Waals surface area contributed by atoms with E-state index < -0.39 is 5.82 Å². The highest BCUT2D eigenvalue weighted by molar-refractivity contribution is 6.36. The summed E-state index contributed by atoms with van der Waals surface area (Å²) in [5, 5.41) is 0.133. The molecule has 2 nitrogen and oxygen atoms in total. The van der Waals surface area contributed by atoms with Crippen LogP contribution in [0.25, 0.3) is 0 Å². The minimum atomic E-state index is -0.616. The molecule has 0 saturated carbocycles. The highest BCUT2D eigenvalue weighted by Gasteiger charge is 2.24. The molecule has 0 aromatic heterocycles. The Kier molecular flexibility index (Phi) is 4.13. The molecular formula is C13H14Cl2FNO. The number of nitrogens with zero attached hydrogens (tertiary/aromatic N) is 1. The molecule has 1 aromatic carbocycles. The lowest BCUT2D eigenvalue weighted by Crippen LogP contribution is -2.39. The Hall–Kier alpha value is -0.800. The maximum atomic E-state index is 13.4. The minimum Gasteiger partial charge on any atom is -0.338 e. The number of benzene rings is 1. The van der Waals surface area contributed by atoms with E-state index in [1.165, 1.54) is 6.07 Å². The first-order valence-electron chi connectivity index (χ1n) is 5.93. The fraction of sp³-hybridized carbons (Fsp3) is 0.462. The first-order chi connectivity index (χ1) is 8.49. The van der Waals surface area contributed by atoms with Crippen LogP contribution in [-0.2, 0) is 0 Å². The van der Waals surface area contributed by atoms with Crippen molar-refractivity contribution in [2.75, 3.05) is 13.1 Å². The molecule has 0 bridgehead atoms. The summed E-state index contributed by atoms with van der Waals surface area (Å²) >= 11 is 11.6. The van der Waals surface area contributed by atoms with Gasteiger partial charge < -0.3 is 4.90 Å². The molecule has 1 saturated heterocycles. The molecule has 1 aliphatic heterocycles. The first-order valence-corrected chi connectivity index (χ1v) is 6.68. The summed E-state index contributed by atoms with van der Waals surface area (Å²) in [4.78, 5) is 14.0. The topological polar surface area (TPSA) is 20.3 Å². The first kappa shape index (κ1) is 13.6. The third-order valence-electron chi connectivity index (χ3n) is 3.18. The molecule has 0 spiro atoms. The van der Waals surface area contributed by atoms with Gasteiger partial charge in [0, 0.05) is 13.1 Å². The molecule has 5 heteroatoms. The van der Waals surface area contributed by atoms with Crippen molar-refractivity contribution in [3.8, 4) is 0 Å². The van der Waals surface area contributed by atoms with Gasteiger partial charge in [-0.1, -0.05) is 30.1 Å². The monoisotopic (exact) mass is 289 g/mol. The molecule has 0 N–H and O–H groups in total. The van der Waals surface area contributed by atoms with Crippen LogP contribution in [0.15, 0.2) is 12.1 Å². The fourth-order valence-electron chi connectivity index (χ4n) is 2.23. The highest BCUT2D eigenvalue weighted by atomic mass is 35.5. The maximum Gasteiger partial charge on any atom is 0.255 e. The number of carbonyl (C=O) groups excluding carboxylic acids is 1. The van der Waals surface area contributed by atoms with Crippen molar-refractivity contribution in [3.05, 3.63) is 33.6 Å². The average Bonchev–Trinajstić information content (AvgIpc) is 2.33. The zero-order valence-corrected chi connectivity index (χ0v) is 11.6. The summed E-state index contributed by atoms with van der Waals surface area (Å²) in [6.45, 7) is 3.49. The SMILES string of the molecule is CC1CCCN(C(=O)c2cc(F)c(Cl)cc2Cl)C1. The van der Waals surface area contributed by atoms with Gasteiger partial charge in [0.25, 0.3) is 5.91 Å². The third kappa shape index (κ3) is 2.78. The van der Waals surface area contributed by atoms with Crippen LogP contribution in [0.5, 0.6) is 0 Å². The Labute approximate surface area is 116 Å². The fourth-order valence-corrected chi connectivity index (χ4v) is 2.69. The number of hydrogen-bond donors (Lipinski definition) is 0. The van der Waals surface area contributed by atoms with Crippen molar-refractivity contribution in [2.24, 2.45) is 5.92 Å². The van der Waals surface area contributed by atoms with Crippen LogP contribution in [0.4, 0.5) is 4.39 Å². The molecule has 1 amide bonds. The predicted molar refractivity (Wildman–Crippen MR) is 70.7 cm³/mol. The summed E-state index contributed by atoms with van der Waals surface area (Å²) in [7, 11) is 0. The van der Waals surface area contributed by atoms with E-state index in [0.717, 1.165) is 18.9 Å². The summed E-state index contributed by atoms with van der Waals surface area (Å²) in [5.74, 6) is -0.366. The molecule has 1 aromatic rings. The highest BCUT2D eigenvalue weighted by Crippen LogP contribution is 2.26. The number of piperidine rings is 1. The van der Waals surface area contributed by atoms with Gasteiger partial charge in [0.1, 0.15) is 5.82 Å². The van der Waals surface area contributed by atoms with Gasteiger partial charge in [-0.25, -0.2) is 4.39 Å². The van der Waals surface area contributed by atoms with Gasteiger partial charge >= 0.3 is 0 Å². The van der Waals surface area contributed by atoms with Crippen LogP contribution in [0.1, 0.15) is 30.1 Å². The van der Waals surface area contributed by atoms with E-state index in [1.807, 2.05) is 0 Å². The van der Waals surface area contributed by atoms with Crippen molar-refractivity contribution < 1.29 is 9.18 Å². The van der Waals surface area contributed by atoms with E-state index in [1.54, 1.807) is 4.90 Å². The van der Waals surface area contributed by atoms with Crippen LogP contribution in [0.2, 0.25) is 10.0 Å². The summed E-state index contributed by atoms with van der Waals surface area (Å²) in [6, 6.07) is 2.39. The number of rotatable bonds is 1. The van der Waals surface area contributed by atoms with Crippen molar-refractivity contribution in [3.63, 3.8) is 0 Å². The molecule has 1 aliphatic rings. The van der Waals surface area contributed by atoms with E-state index in [0.29, 0.717) is 19.0 Å². The lowest BCUT2D eigenvalue weighted by atomic mass is 9.99. The molecule has 0 aliphatic carbocycles. The number of amides is 1. The normalized spacial score (nSPS) is 20.0. The standard InChI is InChI=1S/C13H14Cl2FNO/c1-8-3-2-4-17(7-8)13(18)9-5-12(16)11(15)6-10(9)14/h5-6,8H,2-4,7H2,1H3. The van der Waals surface area contributed by atoms with Gasteiger partial charge in [0.05, 0.1) is 15.6 Å². The smallest absolute Gasteiger partial charge is 0.255 e. The van der Waals surface area contributed by atoms with Crippen LogP contribution < -0.4 is 0 Å². The van der Waals surface area contributed by atoms with E-state index in [2.05, 4.69) is 6.92 Å². The van der Waals surface area contributed by atoms with Crippen LogP contribution in [-0.4, -0.2) is 23.9 Å². The number of likely N-dealkylation sites (tertiary alicyclic amines) is 1. The van der Waals surface area contributed by atoms with Crippen molar-refractivity contribution in [1.82, 2.24) is 4.90 Å². The Morgan fingerprint density at radius 1 is 1.39 bits per heavy atom. The van der Waals surface area contributed by atoms with Gasteiger partial charge in [-0.2, -0.15) is 0 Å². The number of carbonyl (C=O) groups is 1. The third-order valence-corrected chi connectivity index (χ3v) is 3.79. The summed E-state index contributed by atoms with van der Waals surface area (Å²) in [6.07, 6.45) is 2.09. The van der Waals surface area contributed by atoms with Crippen LogP contribution in [0, 0.1) is 11.7 Å². The van der Waals surface area contributed by atoms with E-state index in [4.69, 9.17) is 23.2 Å². The second-order valence-corrected chi connectivity index (χ2v) is 5.56. The lowest BCUT2D eigenvalue weighted by molar-refractivity contribution is 0.0683. The second kappa shape index (κ2) is 5.45. The lowest BCUT2D eigenvalue weighted by Gasteiger charge is -2.31. The van der Waals surface area contributed by atoms with Gasteiger partial charge in [-0.3, -0.25) is 4.79 Å². The second-order valence-electron chi connectivity index (χ2n) is 4.74. The predicted octanol–water partition coefficient (Wildman–Crippen LogP) is 4.00. The van der Waals surface area contributed by atoms with E-state index in [9.17, 15) is 9.18 Å². The Morgan fingerprint density at radius 3 is 2.78 bits per heavy atom. The molecule has 0 radical (unpaired) electrons. The van der Waals surface area contributed by atoms with Gasteiger partial charge in [0.2, 0.25) is 0 Å². The average molecular weight is 290 g/mol. The van der Waals surface area contributed by atoms with Crippen molar-refractivity contribution in [1.29, 1.82) is 0 Å². The summed E-state index contributed by atoms with van der Waals surface area (Å²) < 4.78 is 13.4. The summed E-state index contributed by atoms with van der Waals surface area (Å²) in [5.41, 5.74) is 0.188. The van der Waals surface area contributed by atoms with Gasteiger partial charge in [-0.05, 0) is 30.9 Å². The minimum absolute atomic E-state index is 0.0661.